The fraction of sp³-hybridized carbons (Fsp3) is 0.562. The summed E-state index contributed by atoms with van der Waals surface area (Å²) in [5, 5.41) is 3.33. The second-order valence-corrected chi connectivity index (χ2v) is 6.04. The molecule has 21 heavy (non-hydrogen) atoms. The van der Waals surface area contributed by atoms with Crippen molar-refractivity contribution in [2.75, 3.05) is 13.7 Å². The number of carbonyl (C=O) groups is 1. The molecule has 1 aromatic rings. The number of benzene rings is 1. The normalized spacial score (nSPS) is 34.7. The molecule has 0 aromatic heterocycles. The molecule has 3 aliphatic heterocycles. The van der Waals surface area contributed by atoms with E-state index in [4.69, 9.17) is 9.47 Å². The predicted octanol–water partition coefficient (Wildman–Crippen LogP) is 1.45. The summed E-state index contributed by atoms with van der Waals surface area (Å²) in [6.45, 7) is 0.399. The van der Waals surface area contributed by atoms with Crippen LogP contribution in [0.1, 0.15) is 31.0 Å². The number of fused-ring (bicyclic) bond motifs is 2. The van der Waals surface area contributed by atoms with Gasteiger partial charge in [0.05, 0.1) is 31.9 Å². The number of nitrogens with one attached hydrogen (secondary N) is 1. The zero-order valence-electron chi connectivity index (χ0n) is 12.1. The van der Waals surface area contributed by atoms with E-state index in [2.05, 4.69) is 5.32 Å². The van der Waals surface area contributed by atoms with Crippen molar-refractivity contribution in [1.29, 1.82) is 0 Å². The highest BCUT2D eigenvalue weighted by molar-refractivity contribution is 5.81. The van der Waals surface area contributed by atoms with Gasteiger partial charge in [0.2, 0.25) is 5.91 Å². The number of hydrogen-bond acceptors (Lipinski definition) is 4. The van der Waals surface area contributed by atoms with Crippen LogP contribution in [0.15, 0.2) is 24.3 Å². The molecule has 0 saturated carbocycles. The molecule has 0 aliphatic carbocycles. The van der Waals surface area contributed by atoms with Crippen LogP contribution in [-0.4, -0.2) is 42.7 Å². The molecule has 2 bridgehead atoms. The summed E-state index contributed by atoms with van der Waals surface area (Å²) < 4.78 is 11.2. The van der Waals surface area contributed by atoms with Crippen LogP contribution in [-0.2, 0) is 9.53 Å². The summed E-state index contributed by atoms with van der Waals surface area (Å²) in [7, 11) is 1.66. The van der Waals surface area contributed by atoms with Crippen LogP contribution in [0.25, 0.3) is 0 Å². The van der Waals surface area contributed by atoms with Crippen molar-refractivity contribution >= 4 is 5.91 Å². The first-order valence-corrected chi connectivity index (χ1v) is 7.60. The lowest BCUT2D eigenvalue weighted by atomic mass is 9.93. The van der Waals surface area contributed by atoms with E-state index in [0.29, 0.717) is 12.6 Å². The van der Waals surface area contributed by atoms with Gasteiger partial charge in [0.25, 0.3) is 0 Å². The van der Waals surface area contributed by atoms with Crippen LogP contribution in [0.2, 0.25) is 0 Å². The number of ether oxygens (including phenoxy) is 2. The highest BCUT2D eigenvalue weighted by Crippen LogP contribution is 2.41. The summed E-state index contributed by atoms with van der Waals surface area (Å²) in [5.74, 6) is 0.988. The minimum absolute atomic E-state index is 0.0689. The molecule has 5 heteroatoms. The smallest absolute Gasteiger partial charge is 0.238 e. The van der Waals surface area contributed by atoms with Gasteiger partial charge in [-0.1, -0.05) is 12.1 Å². The Labute approximate surface area is 124 Å². The van der Waals surface area contributed by atoms with E-state index >= 15 is 0 Å². The maximum Gasteiger partial charge on any atom is 0.238 e. The molecule has 1 aromatic carbocycles. The molecule has 1 N–H and O–H groups in total. The summed E-state index contributed by atoms with van der Waals surface area (Å²) >= 11 is 0. The molecular formula is C16H20N2O3. The fourth-order valence-corrected chi connectivity index (χ4v) is 3.89. The van der Waals surface area contributed by atoms with Gasteiger partial charge in [-0.2, -0.15) is 0 Å². The van der Waals surface area contributed by atoms with E-state index in [1.54, 1.807) is 7.11 Å². The van der Waals surface area contributed by atoms with Gasteiger partial charge in [0.1, 0.15) is 11.9 Å². The number of methoxy groups -OCH3 is 1. The van der Waals surface area contributed by atoms with Crippen LogP contribution >= 0.6 is 0 Å². The maximum absolute atomic E-state index is 12.4. The lowest BCUT2D eigenvalue weighted by Crippen LogP contribution is -2.45. The summed E-state index contributed by atoms with van der Waals surface area (Å²) in [6.07, 6.45) is 3.68. The van der Waals surface area contributed by atoms with E-state index < -0.39 is 0 Å². The molecule has 112 valence electrons. The Hall–Kier alpha value is -1.59. The Morgan fingerprint density at radius 3 is 3.00 bits per heavy atom. The van der Waals surface area contributed by atoms with E-state index in [1.165, 1.54) is 0 Å². The number of rotatable bonds is 3. The van der Waals surface area contributed by atoms with Crippen molar-refractivity contribution in [3.8, 4) is 5.75 Å². The van der Waals surface area contributed by atoms with Crippen molar-refractivity contribution in [3.63, 3.8) is 0 Å². The Balaban J connectivity index is 1.63. The average Bonchev–Trinajstić information content (AvgIpc) is 3.22. The van der Waals surface area contributed by atoms with E-state index in [-0.39, 0.29) is 24.2 Å². The summed E-state index contributed by atoms with van der Waals surface area (Å²) in [4.78, 5) is 14.4. The van der Waals surface area contributed by atoms with Crippen LogP contribution in [0, 0.1) is 0 Å². The summed E-state index contributed by atoms with van der Waals surface area (Å²) in [6, 6.07) is 8.14. The van der Waals surface area contributed by atoms with Gasteiger partial charge in [0, 0.05) is 0 Å². The zero-order chi connectivity index (χ0) is 14.4. The fourth-order valence-electron chi connectivity index (χ4n) is 3.89. The second kappa shape index (κ2) is 5.00. The number of nitrogens with zero attached hydrogens (tertiary/aromatic N) is 1. The van der Waals surface area contributed by atoms with Gasteiger partial charge in [-0.05, 0) is 37.0 Å². The topological polar surface area (TPSA) is 50.8 Å². The van der Waals surface area contributed by atoms with E-state index in [9.17, 15) is 4.79 Å². The Morgan fingerprint density at radius 1 is 1.38 bits per heavy atom. The van der Waals surface area contributed by atoms with Crippen molar-refractivity contribution in [2.24, 2.45) is 0 Å². The lowest BCUT2D eigenvalue weighted by Gasteiger charge is -2.34. The van der Waals surface area contributed by atoms with Crippen molar-refractivity contribution in [1.82, 2.24) is 10.2 Å². The highest BCUT2D eigenvalue weighted by atomic mass is 16.5. The first kappa shape index (κ1) is 13.1. The molecular weight excluding hydrogens is 268 g/mol. The van der Waals surface area contributed by atoms with Crippen LogP contribution in [0.3, 0.4) is 0 Å². The number of carbonyl (C=O) groups excluding carboxylic acids is 1. The minimum Gasteiger partial charge on any atom is -0.497 e. The lowest BCUT2D eigenvalue weighted by molar-refractivity contribution is -0.131. The van der Waals surface area contributed by atoms with Gasteiger partial charge < -0.3 is 14.4 Å². The maximum atomic E-state index is 12.4. The molecule has 3 heterocycles. The van der Waals surface area contributed by atoms with E-state index in [1.807, 2.05) is 29.2 Å². The van der Waals surface area contributed by atoms with Crippen molar-refractivity contribution < 1.29 is 14.3 Å². The Morgan fingerprint density at radius 2 is 2.29 bits per heavy atom. The molecule has 4 rings (SSSR count). The third-order valence-corrected chi connectivity index (χ3v) is 4.85. The number of amides is 1. The molecule has 0 spiro atoms. The molecule has 1 amide bonds. The molecule has 3 fully saturated rings. The van der Waals surface area contributed by atoms with Gasteiger partial charge in [-0.3, -0.25) is 10.1 Å². The molecule has 0 radical (unpaired) electrons. The monoisotopic (exact) mass is 288 g/mol. The molecule has 4 unspecified atom stereocenters. The highest BCUT2D eigenvalue weighted by Gasteiger charge is 2.48. The molecule has 3 aliphatic rings. The van der Waals surface area contributed by atoms with Crippen LogP contribution in [0.4, 0.5) is 0 Å². The first-order valence-electron chi connectivity index (χ1n) is 7.60. The standard InChI is InChI=1S/C16H20N2O3/c1-20-11-4-2-3-10(7-11)16-17-9-15(19)18(16)13-8-12-5-6-14(13)21-12/h2-4,7,12-14,16-17H,5-6,8-9H2,1H3. The van der Waals surface area contributed by atoms with E-state index in [0.717, 1.165) is 30.6 Å². The van der Waals surface area contributed by atoms with Crippen molar-refractivity contribution in [3.05, 3.63) is 29.8 Å². The van der Waals surface area contributed by atoms with Gasteiger partial charge in [-0.25, -0.2) is 0 Å². The Kier molecular flexibility index (Phi) is 3.12. The summed E-state index contributed by atoms with van der Waals surface area (Å²) in [5.41, 5.74) is 1.07. The van der Waals surface area contributed by atoms with Gasteiger partial charge >= 0.3 is 0 Å². The largest absolute Gasteiger partial charge is 0.497 e. The molecule has 4 atom stereocenters. The molecule has 3 saturated heterocycles. The number of hydrogen-bond donors (Lipinski definition) is 1. The zero-order valence-corrected chi connectivity index (χ0v) is 12.1. The quantitative estimate of drug-likeness (QED) is 0.914. The minimum atomic E-state index is -0.0689. The van der Waals surface area contributed by atoms with Crippen LogP contribution in [0.5, 0.6) is 5.75 Å². The first-order chi connectivity index (χ1) is 10.3. The molecule has 5 nitrogen and oxygen atoms in total. The Bertz CT molecular complexity index is 562. The van der Waals surface area contributed by atoms with Crippen LogP contribution < -0.4 is 10.1 Å². The SMILES string of the molecule is COc1cccc(C2NCC(=O)N2C2CC3CCC2O3)c1. The predicted molar refractivity (Wildman–Crippen MR) is 76.9 cm³/mol. The van der Waals surface area contributed by atoms with Gasteiger partial charge in [-0.15, -0.1) is 0 Å². The average molecular weight is 288 g/mol. The third kappa shape index (κ3) is 2.12. The van der Waals surface area contributed by atoms with Crippen molar-refractivity contribution in [2.45, 2.75) is 43.7 Å². The third-order valence-electron chi connectivity index (χ3n) is 4.85. The second-order valence-electron chi connectivity index (χ2n) is 6.04. The van der Waals surface area contributed by atoms with Gasteiger partial charge in [0.15, 0.2) is 0 Å².